The van der Waals surface area contributed by atoms with Gasteiger partial charge in [0, 0.05) is 5.41 Å². The third kappa shape index (κ3) is 1.35. The first-order chi connectivity index (χ1) is 7.86. The monoisotopic (exact) mass is 213 g/mol. The predicted molar refractivity (Wildman–Crippen MR) is 68.2 cm³/mol. The summed E-state index contributed by atoms with van der Waals surface area (Å²) in [5, 5.41) is 0. The maximum Gasteiger partial charge on any atom is 0.0144 e. The standard InChI is InChI=1S/C15H19N/c16-10-7-12-11-15(8-3-4-9-15)14-6-2-1-5-13(12)14/h1-2,5-6,11H,3-4,7-10,16H2. The van der Waals surface area contributed by atoms with Crippen molar-refractivity contribution in [2.75, 3.05) is 6.54 Å². The molecule has 0 unspecified atom stereocenters. The highest BCUT2D eigenvalue weighted by atomic mass is 14.5. The molecule has 1 nitrogen and oxygen atoms in total. The Morgan fingerprint density at radius 2 is 1.88 bits per heavy atom. The van der Waals surface area contributed by atoms with Crippen LogP contribution >= 0.6 is 0 Å². The average Bonchev–Trinajstić information content (AvgIpc) is 2.89. The molecule has 0 amide bonds. The molecule has 1 aromatic rings. The molecular formula is C15H19N. The molecule has 0 bridgehead atoms. The first-order valence-corrected chi connectivity index (χ1v) is 6.37. The van der Waals surface area contributed by atoms with Crippen molar-refractivity contribution in [1.29, 1.82) is 0 Å². The summed E-state index contributed by atoms with van der Waals surface area (Å²) in [5.41, 5.74) is 10.6. The van der Waals surface area contributed by atoms with Crippen LogP contribution in [0.5, 0.6) is 0 Å². The normalized spacial score (nSPS) is 21.2. The average molecular weight is 213 g/mol. The van der Waals surface area contributed by atoms with Crippen molar-refractivity contribution in [1.82, 2.24) is 0 Å². The number of hydrogen-bond acceptors (Lipinski definition) is 1. The number of benzene rings is 1. The minimum atomic E-state index is 0.376. The highest BCUT2D eigenvalue weighted by Gasteiger charge is 2.39. The van der Waals surface area contributed by atoms with Crippen LogP contribution in [0.15, 0.2) is 30.3 Å². The molecule has 1 aromatic carbocycles. The van der Waals surface area contributed by atoms with E-state index in [1.165, 1.54) is 36.8 Å². The van der Waals surface area contributed by atoms with Gasteiger partial charge in [-0.2, -0.15) is 0 Å². The van der Waals surface area contributed by atoms with Crippen LogP contribution in [-0.4, -0.2) is 6.54 Å². The lowest BCUT2D eigenvalue weighted by Crippen LogP contribution is -2.16. The van der Waals surface area contributed by atoms with Crippen LogP contribution < -0.4 is 5.73 Å². The smallest absolute Gasteiger partial charge is 0.0144 e. The van der Waals surface area contributed by atoms with E-state index in [9.17, 15) is 0 Å². The number of hydrogen-bond donors (Lipinski definition) is 1. The van der Waals surface area contributed by atoms with E-state index in [4.69, 9.17) is 5.73 Å². The van der Waals surface area contributed by atoms with Gasteiger partial charge < -0.3 is 5.73 Å². The van der Waals surface area contributed by atoms with Crippen LogP contribution in [-0.2, 0) is 5.41 Å². The van der Waals surface area contributed by atoms with E-state index >= 15 is 0 Å². The van der Waals surface area contributed by atoms with Gasteiger partial charge in [0.15, 0.2) is 0 Å². The molecular weight excluding hydrogens is 194 g/mol. The lowest BCUT2D eigenvalue weighted by atomic mass is 9.81. The van der Waals surface area contributed by atoms with E-state index in [1.807, 2.05) is 0 Å². The maximum absolute atomic E-state index is 5.71. The summed E-state index contributed by atoms with van der Waals surface area (Å²) in [5.74, 6) is 0. The molecule has 0 aromatic heterocycles. The van der Waals surface area contributed by atoms with E-state index in [-0.39, 0.29) is 0 Å². The van der Waals surface area contributed by atoms with Gasteiger partial charge in [0.05, 0.1) is 0 Å². The Hall–Kier alpha value is -1.08. The van der Waals surface area contributed by atoms with Crippen molar-refractivity contribution in [2.24, 2.45) is 5.73 Å². The first kappa shape index (κ1) is 10.1. The molecule has 2 N–H and O–H groups in total. The van der Waals surface area contributed by atoms with Crippen molar-refractivity contribution in [2.45, 2.75) is 37.5 Å². The fourth-order valence-corrected chi connectivity index (χ4v) is 3.47. The fourth-order valence-electron chi connectivity index (χ4n) is 3.47. The SMILES string of the molecule is NCCC1=CC2(CCCC2)c2ccccc21. The Bertz CT molecular complexity index is 425. The first-order valence-electron chi connectivity index (χ1n) is 6.37. The summed E-state index contributed by atoms with van der Waals surface area (Å²) in [7, 11) is 0. The molecule has 84 valence electrons. The van der Waals surface area contributed by atoms with Gasteiger partial charge in [0.25, 0.3) is 0 Å². The Labute approximate surface area is 97.4 Å². The maximum atomic E-state index is 5.71. The lowest BCUT2D eigenvalue weighted by Gasteiger charge is -2.22. The van der Waals surface area contributed by atoms with Crippen LogP contribution in [0.2, 0.25) is 0 Å². The zero-order valence-corrected chi connectivity index (χ0v) is 9.71. The third-order valence-electron chi connectivity index (χ3n) is 4.17. The predicted octanol–water partition coefficient (Wildman–Crippen LogP) is 3.24. The molecule has 2 aliphatic rings. The largest absolute Gasteiger partial charge is 0.330 e. The lowest BCUT2D eigenvalue weighted by molar-refractivity contribution is 0.567. The second kappa shape index (κ2) is 3.74. The topological polar surface area (TPSA) is 26.0 Å². The molecule has 0 radical (unpaired) electrons. The number of rotatable bonds is 2. The van der Waals surface area contributed by atoms with Gasteiger partial charge in [-0.05, 0) is 42.5 Å². The van der Waals surface area contributed by atoms with Crippen molar-refractivity contribution >= 4 is 5.57 Å². The van der Waals surface area contributed by atoms with E-state index < -0.39 is 0 Å². The summed E-state index contributed by atoms with van der Waals surface area (Å²) >= 11 is 0. The minimum absolute atomic E-state index is 0.376. The van der Waals surface area contributed by atoms with Crippen LogP contribution in [0.4, 0.5) is 0 Å². The van der Waals surface area contributed by atoms with Gasteiger partial charge in [-0.3, -0.25) is 0 Å². The Morgan fingerprint density at radius 3 is 2.62 bits per heavy atom. The summed E-state index contributed by atoms with van der Waals surface area (Å²) in [6.45, 7) is 0.760. The minimum Gasteiger partial charge on any atom is -0.330 e. The van der Waals surface area contributed by atoms with E-state index in [1.54, 1.807) is 5.56 Å². The van der Waals surface area contributed by atoms with Crippen molar-refractivity contribution in [3.05, 3.63) is 41.5 Å². The summed E-state index contributed by atoms with van der Waals surface area (Å²) in [4.78, 5) is 0. The molecule has 0 heterocycles. The molecule has 2 aliphatic carbocycles. The van der Waals surface area contributed by atoms with Gasteiger partial charge in [0.2, 0.25) is 0 Å². The summed E-state index contributed by atoms with van der Waals surface area (Å²) in [6.07, 6.45) is 8.97. The molecule has 0 atom stereocenters. The van der Waals surface area contributed by atoms with Gasteiger partial charge in [-0.25, -0.2) is 0 Å². The summed E-state index contributed by atoms with van der Waals surface area (Å²) in [6, 6.07) is 8.92. The van der Waals surface area contributed by atoms with Crippen molar-refractivity contribution in [3.8, 4) is 0 Å². The van der Waals surface area contributed by atoms with Gasteiger partial charge in [0.1, 0.15) is 0 Å². The Morgan fingerprint density at radius 1 is 1.12 bits per heavy atom. The van der Waals surface area contributed by atoms with Crippen molar-refractivity contribution in [3.63, 3.8) is 0 Å². The Kier molecular flexibility index (Phi) is 2.36. The molecule has 1 heteroatoms. The fraction of sp³-hybridized carbons (Fsp3) is 0.467. The van der Waals surface area contributed by atoms with E-state index in [0.717, 1.165) is 13.0 Å². The molecule has 3 rings (SSSR count). The van der Waals surface area contributed by atoms with E-state index in [2.05, 4.69) is 30.3 Å². The Balaban J connectivity index is 2.09. The highest BCUT2D eigenvalue weighted by molar-refractivity contribution is 5.77. The van der Waals surface area contributed by atoms with Crippen LogP contribution in [0.1, 0.15) is 43.2 Å². The molecule has 16 heavy (non-hydrogen) atoms. The number of allylic oxidation sites excluding steroid dienone is 1. The van der Waals surface area contributed by atoms with Gasteiger partial charge in [-0.1, -0.05) is 43.2 Å². The molecule has 1 fully saturated rings. The number of fused-ring (bicyclic) bond motifs is 2. The van der Waals surface area contributed by atoms with E-state index in [0.29, 0.717) is 5.41 Å². The summed E-state index contributed by atoms with van der Waals surface area (Å²) < 4.78 is 0. The molecule has 1 saturated carbocycles. The number of nitrogens with two attached hydrogens (primary N) is 1. The molecule has 0 saturated heterocycles. The highest BCUT2D eigenvalue weighted by Crippen LogP contribution is 2.50. The second-order valence-electron chi connectivity index (χ2n) is 5.12. The second-order valence-corrected chi connectivity index (χ2v) is 5.12. The molecule has 0 aliphatic heterocycles. The van der Waals surface area contributed by atoms with Gasteiger partial charge in [-0.15, -0.1) is 0 Å². The van der Waals surface area contributed by atoms with Crippen LogP contribution in [0, 0.1) is 0 Å². The van der Waals surface area contributed by atoms with Crippen molar-refractivity contribution < 1.29 is 0 Å². The zero-order valence-electron chi connectivity index (χ0n) is 9.71. The quantitative estimate of drug-likeness (QED) is 0.802. The molecule has 1 spiro atoms. The van der Waals surface area contributed by atoms with Crippen LogP contribution in [0.25, 0.3) is 5.57 Å². The van der Waals surface area contributed by atoms with Gasteiger partial charge >= 0.3 is 0 Å². The third-order valence-corrected chi connectivity index (χ3v) is 4.17. The van der Waals surface area contributed by atoms with Crippen LogP contribution in [0.3, 0.4) is 0 Å². The zero-order chi connectivity index (χ0) is 11.0.